The van der Waals surface area contributed by atoms with Crippen LogP contribution in [-0.4, -0.2) is 25.1 Å². The molecule has 110 valence electrons. The quantitative estimate of drug-likeness (QED) is 0.838. The lowest BCUT2D eigenvalue weighted by Gasteiger charge is -2.33. The highest BCUT2D eigenvalue weighted by Crippen LogP contribution is 2.42. The molecule has 1 saturated carbocycles. The molecule has 3 nitrogen and oxygen atoms in total. The van der Waals surface area contributed by atoms with Gasteiger partial charge in [-0.3, -0.25) is 0 Å². The number of ether oxygens (including phenoxy) is 1. The summed E-state index contributed by atoms with van der Waals surface area (Å²) in [7, 11) is 0. The molecule has 1 unspecified atom stereocenters. The Morgan fingerprint density at radius 3 is 2.70 bits per heavy atom. The molecule has 3 rings (SSSR count). The molecule has 20 heavy (non-hydrogen) atoms. The number of nitrogens with one attached hydrogen (secondary N) is 1. The second-order valence-electron chi connectivity index (χ2n) is 5.84. The fourth-order valence-corrected chi connectivity index (χ4v) is 2.79. The Kier molecular flexibility index (Phi) is 3.32. The summed E-state index contributed by atoms with van der Waals surface area (Å²) in [5.74, 6) is -2.93. The van der Waals surface area contributed by atoms with Crippen molar-refractivity contribution in [1.82, 2.24) is 5.32 Å². The first-order chi connectivity index (χ1) is 9.47. The lowest BCUT2D eigenvalue weighted by Crippen LogP contribution is -2.44. The minimum absolute atomic E-state index is 0.210. The van der Waals surface area contributed by atoms with Crippen molar-refractivity contribution in [1.29, 1.82) is 0 Å². The molecular formula is C15H20F2N2O. The lowest BCUT2D eigenvalue weighted by atomic mass is 9.84. The summed E-state index contributed by atoms with van der Waals surface area (Å²) >= 11 is 0. The minimum atomic E-state index is -2.73. The summed E-state index contributed by atoms with van der Waals surface area (Å²) in [5.41, 5.74) is 7.96. The van der Waals surface area contributed by atoms with Gasteiger partial charge in [0.15, 0.2) is 0 Å². The van der Waals surface area contributed by atoms with Crippen LogP contribution >= 0.6 is 0 Å². The van der Waals surface area contributed by atoms with Crippen molar-refractivity contribution in [2.24, 2.45) is 0 Å². The second kappa shape index (κ2) is 4.88. The van der Waals surface area contributed by atoms with Gasteiger partial charge < -0.3 is 15.8 Å². The summed E-state index contributed by atoms with van der Waals surface area (Å²) in [6, 6.07) is 3.48. The Balaban J connectivity index is 1.94. The fourth-order valence-electron chi connectivity index (χ4n) is 2.79. The molecule has 5 heteroatoms. The van der Waals surface area contributed by atoms with Crippen molar-refractivity contribution >= 4 is 5.69 Å². The average molecular weight is 282 g/mol. The molecule has 3 N–H and O–H groups in total. The first-order valence-corrected chi connectivity index (χ1v) is 7.12. The van der Waals surface area contributed by atoms with Crippen molar-refractivity contribution in [2.75, 3.05) is 18.8 Å². The number of nitrogen functional groups attached to an aromatic ring is 1. The molecule has 0 spiro atoms. The summed E-state index contributed by atoms with van der Waals surface area (Å²) < 4.78 is 33.9. The molecule has 2 aliphatic rings. The maximum absolute atomic E-state index is 14.1. The Morgan fingerprint density at radius 1 is 1.30 bits per heavy atom. The summed E-state index contributed by atoms with van der Waals surface area (Å²) in [6.45, 7) is 2.19. The number of hydrogen-bond donors (Lipinski definition) is 2. The van der Waals surface area contributed by atoms with Gasteiger partial charge in [0, 0.05) is 0 Å². The maximum Gasteiger partial charge on any atom is 0.267 e. The van der Waals surface area contributed by atoms with Crippen LogP contribution in [0.1, 0.15) is 36.3 Å². The zero-order valence-electron chi connectivity index (χ0n) is 11.6. The molecule has 0 radical (unpaired) electrons. The van der Waals surface area contributed by atoms with E-state index < -0.39 is 11.8 Å². The average Bonchev–Trinajstić information content (AvgIpc) is 3.17. The normalized spacial score (nSPS) is 25.4. The molecule has 1 aliphatic heterocycles. The Bertz CT molecular complexity index is 515. The van der Waals surface area contributed by atoms with E-state index in [-0.39, 0.29) is 12.6 Å². The van der Waals surface area contributed by atoms with E-state index in [1.807, 2.05) is 6.92 Å². The molecule has 1 aliphatic carbocycles. The Hall–Kier alpha value is -1.36. The maximum atomic E-state index is 14.1. The van der Waals surface area contributed by atoms with Crippen molar-refractivity contribution in [3.8, 4) is 5.75 Å². The Morgan fingerprint density at radius 2 is 2.05 bits per heavy atom. The van der Waals surface area contributed by atoms with E-state index in [2.05, 4.69) is 5.32 Å². The molecule has 1 aromatic carbocycles. The molecule has 0 amide bonds. The number of aryl methyl sites for hydroxylation is 1. The van der Waals surface area contributed by atoms with Crippen LogP contribution in [0.2, 0.25) is 0 Å². The van der Waals surface area contributed by atoms with E-state index in [0.717, 1.165) is 18.4 Å². The highest BCUT2D eigenvalue weighted by molar-refractivity contribution is 5.58. The molecule has 1 saturated heterocycles. The fraction of sp³-hybridized carbons (Fsp3) is 0.600. The first-order valence-electron chi connectivity index (χ1n) is 7.12. The Labute approximate surface area is 117 Å². The van der Waals surface area contributed by atoms with E-state index in [1.54, 1.807) is 12.1 Å². The largest absolute Gasteiger partial charge is 0.488 e. The first kappa shape index (κ1) is 13.6. The number of benzene rings is 1. The van der Waals surface area contributed by atoms with Crippen molar-refractivity contribution in [3.63, 3.8) is 0 Å². The lowest BCUT2D eigenvalue weighted by molar-refractivity contribution is -0.0422. The van der Waals surface area contributed by atoms with Gasteiger partial charge in [-0.05, 0) is 56.0 Å². The van der Waals surface area contributed by atoms with E-state index >= 15 is 0 Å². The molecule has 1 aromatic rings. The number of piperidine rings is 1. The number of nitrogens with two attached hydrogens (primary N) is 1. The van der Waals surface area contributed by atoms with Gasteiger partial charge in [0.05, 0.1) is 24.3 Å². The zero-order valence-corrected chi connectivity index (χ0v) is 11.6. The smallest absolute Gasteiger partial charge is 0.267 e. The molecular weight excluding hydrogens is 262 g/mol. The van der Waals surface area contributed by atoms with Crippen molar-refractivity contribution < 1.29 is 13.5 Å². The van der Waals surface area contributed by atoms with E-state index in [4.69, 9.17) is 10.5 Å². The summed E-state index contributed by atoms with van der Waals surface area (Å²) in [5, 5.41) is 2.76. The van der Waals surface area contributed by atoms with Crippen LogP contribution in [0.4, 0.5) is 14.5 Å². The third-order valence-electron chi connectivity index (χ3n) is 4.07. The van der Waals surface area contributed by atoms with Crippen LogP contribution in [0, 0.1) is 6.92 Å². The SMILES string of the molecule is Cc1cc(N)c(OC2CC2)cc1C1CCNCC1(F)F. The van der Waals surface area contributed by atoms with Crippen molar-refractivity contribution in [2.45, 2.75) is 44.1 Å². The van der Waals surface area contributed by atoms with Crippen LogP contribution in [-0.2, 0) is 0 Å². The highest BCUT2D eigenvalue weighted by Gasteiger charge is 2.43. The third kappa shape index (κ3) is 2.59. The van der Waals surface area contributed by atoms with Crippen molar-refractivity contribution in [3.05, 3.63) is 23.3 Å². The van der Waals surface area contributed by atoms with Crippen LogP contribution in [0.25, 0.3) is 0 Å². The van der Waals surface area contributed by atoms with Crippen LogP contribution in [0.15, 0.2) is 12.1 Å². The molecule has 1 atom stereocenters. The predicted octanol–water partition coefficient (Wildman–Crippen LogP) is 2.83. The van der Waals surface area contributed by atoms with E-state index in [1.165, 1.54) is 0 Å². The van der Waals surface area contributed by atoms with Crippen LogP contribution in [0.5, 0.6) is 5.75 Å². The third-order valence-corrected chi connectivity index (χ3v) is 4.07. The van der Waals surface area contributed by atoms with Gasteiger partial charge in [-0.2, -0.15) is 0 Å². The monoisotopic (exact) mass is 282 g/mol. The van der Waals surface area contributed by atoms with E-state index in [0.29, 0.717) is 30.0 Å². The van der Waals surface area contributed by atoms with Gasteiger partial charge in [0.2, 0.25) is 0 Å². The van der Waals surface area contributed by atoms with Crippen LogP contribution in [0.3, 0.4) is 0 Å². The number of anilines is 1. The van der Waals surface area contributed by atoms with Crippen LogP contribution < -0.4 is 15.8 Å². The summed E-state index contributed by atoms with van der Waals surface area (Å²) in [6.07, 6.45) is 2.68. The number of alkyl halides is 2. The zero-order chi connectivity index (χ0) is 14.3. The summed E-state index contributed by atoms with van der Waals surface area (Å²) in [4.78, 5) is 0. The van der Waals surface area contributed by atoms with Gasteiger partial charge in [0.25, 0.3) is 5.92 Å². The topological polar surface area (TPSA) is 47.3 Å². The minimum Gasteiger partial charge on any atom is -0.488 e. The van der Waals surface area contributed by atoms with E-state index in [9.17, 15) is 8.78 Å². The standard InChI is InChI=1S/C15H20F2N2O/c1-9-6-13(18)14(20-10-2-3-10)7-11(9)12-4-5-19-8-15(12,16)17/h6-7,10,12,19H,2-5,8,18H2,1H3. The molecule has 0 bridgehead atoms. The number of rotatable bonds is 3. The van der Waals surface area contributed by atoms with Gasteiger partial charge in [-0.1, -0.05) is 0 Å². The number of hydrogen-bond acceptors (Lipinski definition) is 3. The predicted molar refractivity (Wildman–Crippen MR) is 74.4 cm³/mol. The van der Waals surface area contributed by atoms with Gasteiger partial charge >= 0.3 is 0 Å². The highest BCUT2D eigenvalue weighted by atomic mass is 19.3. The molecule has 0 aromatic heterocycles. The molecule has 2 fully saturated rings. The van der Waals surface area contributed by atoms with Gasteiger partial charge in [-0.25, -0.2) is 8.78 Å². The second-order valence-corrected chi connectivity index (χ2v) is 5.84. The molecule has 1 heterocycles. The van der Waals surface area contributed by atoms with Gasteiger partial charge in [0.1, 0.15) is 5.75 Å². The van der Waals surface area contributed by atoms with Gasteiger partial charge in [-0.15, -0.1) is 0 Å². The number of halogens is 2.